The van der Waals surface area contributed by atoms with Gasteiger partial charge < -0.3 is 11.1 Å². The molecule has 1 aliphatic heterocycles. The molecule has 0 unspecified atom stereocenters. The van der Waals surface area contributed by atoms with Crippen LogP contribution in [0.3, 0.4) is 0 Å². The van der Waals surface area contributed by atoms with Crippen LogP contribution in [0, 0.1) is 12.7 Å². The van der Waals surface area contributed by atoms with Crippen LogP contribution in [0.5, 0.6) is 0 Å². The molecule has 0 saturated heterocycles. The molecular weight excluding hydrogens is 488 g/mol. The van der Waals surface area contributed by atoms with E-state index in [0.29, 0.717) is 58.7 Å². The van der Waals surface area contributed by atoms with Gasteiger partial charge in [-0.2, -0.15) is 13.2 Å². The second-order valence-corrected chi connectivity index (χ2v) is 8.44. The zero-order valence-electron chi connectivity index (χ0n) is 18.1. The number of aryl methyl sites for hydroxylation is 1. The first-order chi connectivity index (χ1) is 16.5. The van der Waals surface area contributed by atoms with E-state index in [2.05, 4.69) is 15.3 Å². The van der Waals surface area contributed by atoms with Gasteiger partial charge in [-0.25, -0.2) is 19.2 Å². The number of rotatable bonds is 2. The van der Waals surface area contributed by atoms with Gasteiger partial charge in [0.15, 0.2) is 0 Å². The monoisotopic (exact) mass is 504 g/mol. The summed E-state index contributed by atoms with van der Waals surface area (Å²) in [6.45, 7) is 2.03. The van der Waals surface area contributed by atoms with E-state index in [9.17, 15) is 22.4 Å². The molecule has 7 nitrogen and oxygen atoms in total. The summed E-state index contributed by atoms with van der Waals surface area (Å²) in [5, 5.41) is 2.46. The molecule has 3 heterocycles. The predicted molar refractivity (Wildman–Crippen MR) is 124 cm³/mol. The molecule has 0 fully saturated rings. The molecular formula is C23H17ClF4N6O. The molecule has 0 aliphatic carbocycles. The van der Waals surface area contributed by atoms with Crippen LogP contribution in [0.25, 0.3) is 16.8 Å². The lowest BCUT2D eigenvalue weighted by molar-refractivity contribution is -0.137. The van der Waals surface area contributed by atoms with Crippen molar-refractivity contribution in [2.24, 2.45) is 0 Å². The number of nitrogens with two attached hydrogens (primary N) is 1. The summed E-state index contributed by atoms with van der Waals surface area (Å²) in [5.74, 6) is 0.00845. The van der Waals surface area contributed by atoms with Gasteiger partial charge in [-0.3, -0.25) is 9.30 Å². The van der Waals surface area contributed by atoms with Crippen LogP contribution in [-0.4, -0.2) is 26.9 Å². The minimum absolute atomic E-state index is 0.206. The van der Waals surface area contributed by atoms with Crippen molar-refractivity contribution in [1.82, 2.24) is 14.4 Å². The highest BCUT2D eigenvalue weighted by atomic mass is 35.5. The lowest BCUT2D eigenvalue weighted by atomic mass is 10.1. The van der Waals surface area contributed by atoms with Crippen molar-refractivity contribution in [3.05, 3.63) is 70.5 Å². The zero-order valence-corrected chi connectivity index (χ0v) is 18.9. The Labute approximate surface area is 201 Å². The minimum Gasteiger partial charge on any atom is -0.382 e. The lowest BCUT2D eigenvalue weighted by Crippen LogP contribution is -2.33. The third kappa shape index (κ3) is 3.91. The fourth-order valence-corrected chi connectivity index (χ4v) is 4.57. The average molecular weight is 505 g/mol. The number of fused-ring (bicyclic) bond motifs is 2. The van der Waals surface area contributed by atoms with Gasteiger partial charge in [0.1, 0.15) is 28.7 Å². The summed E-state index contributed by atoms with van der Waals surface area (Å²) in [5.41, 5.74) is 7.42. The molecule has 0 spiro atoms. The Morgan fingerprint density at radius 1 is 1.23 bits per heavy atom. The van der Waals surface area contributed by atoms with Crippen molar-refractivity contribution in [2.45, 2.75) is 19.5 Å². The highest BCUT2D eigenvalue weighted by Gasteiger charge is 2.33. The Hall–Kier alpha value is -3.86. The average Bonchev–Trinajstić information content (AvgIpc) is 3.37. The highest BCUT2D eigenvalue weighted by molar-refractivity contribution is 6.34. The molecule has 0 radical (unpaired) electrons. The molecule has 2 amide bonds. The van der Waals surface area contributed by atoms with E-state index in [1.54, 1.807) is 18.5 Å². The smallest absolute Gasteiger partial charge is 0.382 e. The molecule has 5 rings (SSSR count). The second-order valence-electron chi connectivity index (χ2n) is 8.03. The number of benzene rings is 2. The summed E-state index contributed by atoms with van der Waals surface area (Å²) in [7, 11) is 0. The maximum Gasteiger partial charge on any atom is 0.416 e. The molecule has 0 saturated carbocycles. The number of nitrogens with zero attached hydrogens (tertiary/aromatic N) is 4. The van der Waals surface area contributed by atoms with Crippen molar-refractivity contribution in [1.29, 1.82) is 0 Å². The van der Waals surface area contributed by atoms with Gasteiger partial charge in [-0.15, -0.1) is 0 Å². The van der Waals surface area contributed by atoms with E-state index >= 15 is 0 Å². The highest BCUT2D eigenvalue weighted by Crippen LogP contribution is 2.41. The van der Waals surface area contributed by atoms with Gasteiger partial charge in [-0.1, -0.05) is 11.6 Å². The third-order valence-corrected chi connectivity index (χ3v) is 6.12. The second kappa shape index (κ2) is 8.12. The van der Waals surface area contributed by atoms with Gasteiger partial charge in [0.2, 0.25) is 0 Å². The van der Waals surface area contributed by atoms with Crippen molar-refractivity contribution in [3.63, 3.8) is 0 Å². The normalized spacial score (nSPS) is 13.4. The van der Waals surface area contributed by atoms with Crippen LogP contribution in [0.4, 0.5) is 39.5 Å². The largest absolute Gasteiger partial charge is 0.416 e. The number of halogens is 5. The summed E-state index contributed by atoms with van der Waals surface area (Å²) >= 11 is 6.55. The Bertz CT molecular complexity index is 1500. The van der Waals surface area contributed by atoms with Crippen molar-refractivity contribution >= 4 is 40.3 Å². The molecule has 1 aliphatic rings. The van der Waals surface area contributed by atoms with Crippen LogP contribution in [0.1, 0.15) is 17.0 Å². The van der Waals surface area contributed by atoms with E-state index < -0.39 is 29.3 Å². The van der Waals surface area contributed by atoms with Gasteiger partial charge >= 0.3 is 12.2 Å². The van der Waals surface area contributed by atoms with Crippen LogP contribution in [-0.2, 0) is 12.6 Å². The minimum atomic E-state index is -4.68. The number of amides is 2. The molecule has 0 bridgehead atoms. The molecule has 3 N–H and O–H groups in total. The van der Waals surface area contributed by atoms with E-state index in [1.165, 1.54) is 4.90 Å². The number of imidazole rings is 1. The van der Waals surface area contributed by atoms with Crippen LogP contribution in [0.15, 0.2) is 42.7 Å². The topological polar surface area (TPSA) is 88.5 Å². The number of carbonyl (C=O) groups is 1. The lowest BCUT2D eigenvalue weighted by Gasteiger charge is -2.20. The number of alkyl halides is 3. The summed E-state index contributed by atoms with van der Waals surface area (Å²) < 4.78 is 55.0. The van der Waals surface area contributed by atoms with Crippen molar-refractivity contribution in [2.75, 3.05) is 22.5 Å². The summed E-state index contributed by atoms with van der Waals surface area (Å²) in [6.07, 6.45) is -0.937. The molecule has 4 aromatic rings. The number of urea groups is 1. The van der Waals surface area contributed by atoms with Crippen molar-refractivity contribution in [3.8, 4) is 11.3 Å². The fourth-order valence-electron chi connectivity index (χ4n) is 4.23. The summed E-state index contributed by atoms with van der Waals surface area (Å²) in [4.78, 5) is 22.9. The van der Waals surface area contributed by atoms with Gasteiger partial charge in [0.25, 0.3) is 0 Å². The number of hydrogen-bond donors (Lipinski definition) is 2. The maximum absolute atomic E-state index is 14.1. The third-order valence-electron chi connectivity index (χ3n) is 5.83. The van der Waals surface area contributed by atoms with E-state index in [4.69, 9.17) is 17.3 Å². The number of nitrogens with one attached hydrogen (secondary N) is 1. The van der Waals surface area contributed by atoms with Crippen molar-refractivity contribution < 1.29 is 22.4 Å². The van der Waals surface area contributed by atoms with Gasteiger partial charge in [0, 0.05) is 24.5 Å². The first kappa shape index (κ1) is 22.9. The van der Waals surface area contributed by atoms with Crippen LogP contribution < -0.4 is 16.0 Å². The SMILES string of the molecule is Cc1nc(-c2cc(Cl)c3c(c2)CCN3C(=O)Nc2cc(C(F)(F)F)ccc2F)c2c(N)nccn12. The standard InChI is InChI=1S/C23H17ClF4N6O/c1-11-31-18(20-21(29)30-5-7-33(11)20)13-8-12-4-6-34(19(12)15(24)9-13)22(35)32-17-10-14(23(26,27)28)2-3-16(17)25/h2-3,5,7-10H,4,6H2,1H3,(H2,29,30)(H,32,35). The molecule has 35 heavy (non-hydrogen) atoms. The molecule has 2 aromatic carbocycles. The predicted octanol–water partition coefficient (Wildman–Crippen LogP) is 5.69. The molecule has 0 atom stereocenters. The fraction of sp³-hybridized carbons (Fsp3) is 0.174. The molecule has 180 valence electrons. The Kier molecular flexibility index (Phi) is 5.32. The number of aromatic nitrogens is 3. The molecule has 2 aromatic heterocycles. The van der Waals surface area contributed by atoms with E-state index in [-0.39, 0.29) is 11.6 Å². The number of hydrogen-bond acceptors (Lipinski definition) is 4. The van der Waals surface area contributed by atoms with E-state index in [0.717, 1.165) is 5.56 Å². The Morgan fingerprint density at radius 2 is 2.00 bits per heavy atom. The first-order valence-corrected chi connectivity index (χ1v) is 10.8. The van der Waals surface area contributed by atoms with Crippen LogP contribution >= 0.6 is 11.6 Å². The molecule has 12 heteroatoms. The van der Waals surface area contributed by atoms with Crippen LogP contribution in [0.2, 0.25) is 5.02 Å². The maximum atomic E-state index is 14.1. The Morgan fingerprint density at radius 3 is 2.74 bits per heavy atom. The van der Waals surface area contributed by atoms with Gasteiger partial charge in [-0.05, 0) is 49.2 Å². The quantitative estimate of drug-likeness (QED) is 0.343. The van der Waals surface area contributed by atoms with Gasteiger partial charge in [0.05, 0.1) is 22.0 Å². The number of carbonyl (C=O) groups excluding carboxylic acids is 1. The zero-order chi connectivity index (χ0) is 25.1. The Balaban J connectivity index is 1.48. The van der Waals surface area contributed by atoms with E-state index in [1.807, 2.05) is 17.4 Å². The summed E-state index contributed by atoms with van der Waals surface area (Å²) in [6, 6.07) is 4.48. The number of anilines is 3. The number of nitrogen functional groups attached to an aromatic ring is 1. The first-order valence-electron chi connectivity index (χ1n) is 10.4.